The van der Waals surface area contributed by atoms with Gasteiger partial charge in [-0.25, -0.2) is 0 Å². The molecule has 26 rings (SSSR count). The monoisotopic (exact) mass is 1290 g/mol. The predicted molar refractivity (Wildman–Crippen MR) is 261 cm³/mol. The lowest BCUT2D eigenvalue weighted by molar-refractivity contribution is -0.398. The summed E-state index contributed by atoms with van der Waals surface area (Å²) in [6, 6.07) is 0. The fourth-order valence-electron chi connectivity index (χ4n) is 11.6. The summed E-state index contributed by atoms with van der Waals surface area (Å²) in [6.07, 6.45) is -78.9. The summed E-state index contributed by atoms with van der Waals surface area (Å²) in [5.41, 5.74) is 0. The molecule has 0 aliphatic carbocycles. The number of hydrogen-bond donors (Lipinski definition) is 24. The van der Waals surface area contributed by atoms with E-state index in [1.165, 1.54) is 0 Å². The Morgan fingerprint density at radius 3 is 0.739 bits per heavy atom. The highest BCUT2D eigenvalue weighted by Crippen LogP contribution is 2.40. The molecule has 0 aromatic heterocycles. The van der Waals surface area contributed by atoms with Gasteiger partial charge in [0.25, 0.3) is 0 Å². The molecule has 510 valence electrons. The molecule has 26 aliphatic rings. The van der Waals surface area contributed by atoms with Crippen molar-refractivity contribution in [2.45, 2.75) is 233 Å². The molecule has 0 spiro atoms. The zero-order valence-electron chi connectivity index (χ0n) is 45.9. The first-order valence-electron chi connectivity index (χ1n) is 27.9. The molecule has 22 unspecified atom stereocenters. The lowest BCUT2D eigenvalue weighted by Gasteiger charge is -2.50. The van der Waals surface area contributed by atoms with Crippen LogP contribution in [-0.2, 0) is 75.8 Å². The minimum Gasteiger partial charge on any atom is -0.506 e. The van der Waals surface area contributed by atoms with E-state index in [4.69, 9.17) is 75.8 Å². The summed E-state index contributed by atoms with van der Waals surface area (Å²) >= 11 is 0. The van der Waals surface area contributed by atoms with E-state index in [1.54, 1.807) is 0 Å². The molecule has 16 fully saturated rings. The number of aliphatic hydroxyl groups excluding tert-OH is 24. The summed E-state index contributed by atoms with van der Waals surface area (Å²) in [6.45, 7) is -8.78. The zero-order chi connectivity index (χ0) is 64.1. The topological polar surface area (TPSA) is 633 Å². The van der Waals surface area contributed by atoms with Gasteiger partial charge in [0.2, 0.25) is 6.29 Å². The second kappa shape index (κ2) is 29.6. The lowest BCUT2D eigenvalue weighted by atomic mass is 9.95. The van der Waals surface area contributed by atoms with E-state index in [-0.39, 0.29) is 0 Å². The van der Waals surface area contributed by atoms with Crippen LogP contribution in [0.15, 0.2) is 11.5 Å². The Kier molecular flexibility index (Phi) is 23.6. The predicted octanol–water partition coefficient (Wildman–Crippen LogP) is -16.4. The fraction of sp³-hybridized carbons (Fsp3) is 0.958. The molecule has 0 saturated carbocycles. The summed E-state index contributed by atoms with van der Waals surface area (Å²) in [5.74, 6) is -2.11. The Morgan fingerprint density at radius 1 is 0.216 bits per heavy atom. The van der Waals surface area contributed by atoms with Gasteiger partial charge in [-0.1, -0.05) is 0 Å². The molecule has 0 aromatic carbocycles. The quantitative estimate of drug-likeness (QED) is 0.107. The number of ether oxygens (including phenoxy) is 16. The maximum Gasteiger partial charge on any atom is 0.229 e. The maximum absolute atomic E-state index is 11.6. The van der Waals surface area contributed by atoms with Crippen molar-refractivity contribution in [3.8, 4) is 0 Å². The third kappa shape index (κ3) is 13.6. The lowest BCUT2D eigenvalue weighted by Crippen LogP contribution is -2.68. The molecule has 16 bridgehead atoms. The van der Waals surface area contributed by atoms with Crippen molar-refractivity contribution in [3.63, 3.8) is 0 Å². The molecular formula is C48H78O40. The van der Waals surface area contributed by atoms with Gasteiger partial charge in [0.15, 0.2) is 61.7 Å². The third-order valence-electron chi connectivity index (χ3n) is 16.6. The van der Waals surface area contributed by atoms with Gasteiger partial charge in [-0.05, 0) is 0 Å². The Bertz CT molecular complexity index is 2220. The van der Waals surface area contributed by atoms with Crippen molar-refractivity contribution in [1.82, 2.24) is 0 Å². The van der Waals surface area contributed by atoms with Crippen LogP contribution in [0.5, 0.6) is 0 Å². The largest absolute Gasteiger partial charge is 0.506 e. The van der Waals surface area contributed by atoms with Crippen LogP contribution in [0.2, 0.25) is 0 Å². The van der Waals surface area contributed by atoms with E-state index in [9.17, 15) is 123 Å². The molecule has 24 N–H and O–H groups in total. The molecule has 0 radical (unpaired) electrons. The van der Waals surface area contributed by atoms with E-state index >= 15 is 0 Å². The minimum absolute atomic E-state index is 0.894. The van der Waals surface area contributed by atoms with E-state index < -0.39 is 298 Å². The van der Waals surface area contributed by atoms with Crippen LogP contribution in [0.4, 0.5) is 0 Å². The van der Waals surface area contributed by atoms with Crippen molar-refractivity contribution < 1.29 is 198 Å². The number of rotatable bonds is 8. The smallest absolute Gasteiger partial charge is 0.229 e. The third-order valence-corrected chi connectivity index (χ3v) is 16.6. The zero-order valence-corrected chi connectivity index (χ0v) is 45.9. The summed E-state index contributed by atoms with van der Waals surface area (Å²) < 4.78 is 90.8. The molecular weight excluding hydrogens is 1220 g/mol. The molecule has 16 saturated heterocycles. The van der Waals surface area contributed by atoms with E-state index in [2.05, 4.69) is 0 Å². The van der Waals surface area contributed by atoms with Crippen LogP contribution >= 0.6 is 0 Å². The molecule has 0 amide bonds. The SMILES string of the molecule is OCC1O[C@@H]2O[C@@H]3C(CO)O[C@H](O[C@@H]4C(CO)O[C@H](O[C@@H]5C(CO)O[C@H](O[C@@H]6C(CO)OC(O[C@@H]7C(CO)O[C@H](OC8C(O)[C@@H](OC(CO)[C@H]8O)O[C@@H]8C(CO)O[C@H](OC1=C(O)C2O)C(O)C8O)C(O)C7O)[C@@H](O)C6O)C(O)C5O)C(O)[C@H]4O)C(O)C3O. The average molecular weight is 1300 g/mol. The van der Waals surface area contributed by atoms with E-state index in [0.717, 1.165) is 0 Å². The van der Waals surface area contributed by atoms with Crippen LogP contribution in [0.1, 0.15) is 0 Å². The van der Waals surface area contributed by atoms with Crippen LogP contribution < -0.4 is 0 Å². The van der Waals surface area contributed by atoms with Gasteiger partial charge in [0.05, 0.1) is 52.9 Å². The number of hydrogen-bond acceptors (Lipinski definition) is 40. The Balaban J connectivity index is 1.000. The van der Waals surface area contributed by atoms with Crippen LogP contribution in [0, 0.1) is 0 Å². The molecule has 38 atom stereocenters. The summed E-state index contributed by atoms with van der Waals surface area (Å²) in [7, 11) is 0. The second-order valence-corrected chi connectivity index (χ2v) is 22.1. The first-order chi connectivity index (χ1) is 41.9. The standard InChI is InChI=1S/C48H78O40/c49-1-9-17(57)40-32(72)48(73-9)87-39-16(8-56)79-46(30(70)23(39)63)85-37-14(6-54)77-44(28(68)21(37)61)83-35-12(4-52)75-42(26(66)19(35)59)81-33-10(2-50)74-41(25(65)18(33)58)82-34-11(3-51)76-43(27(67)20(34)60)84-36-13(5-53)78-45(29(69)22(36)62)86-38-15(7-55)80-47(88-40)31(71)24(38)64/h9-20,22-36,38-72H,1-8H2/t9?,10?,11?,12?,13?,14?,15?,16?,17-,18-,19?,20?,22?,23?,24?,25?,26?,27?,28?,29+,30?,31?,32?,33-,34-,35-,36-,38-,39-,40?,41-,42-,43-,44-,45?,46-,47-,48+/m1/s1. The minimum atomic E-state index is -2.38. The molecule has 0 aromatic rings. The molecule has 88 heavy (non-hydrogen) atoms. The Labute approximate surface area is 495 Å². The molecule has 26 heterocycles. The van der Waals surface area contributed by atoms with Gasteiger partial charge in [0, 0.05) is 0 Å². The molecule has 26 aliphatic heterocycles. The van der Waals surface area contributed by atoms with Crippen molar-refractivity contribution >= 4 is 0 Å². The van der Waals surface area contributed by atoms with Gasteiger partial charge in [-0.2, -0.15) is 0 Å². The van der Waals surface area contributed by atoms with E-state index in [1.807, 2.05) is 0 Å². The highest BCUT2D eigenvalue weighted by Gasteiger charge is 2.60. The average Bonchev–Trinajstić information content (AvgIpc) is 2.25. The van der Waals surface area contributed by atoms with Gasteiger partial charge in [-0.3, -0.25) is 0 Å². The second-order valence-electron chi connectivity index (χ2n) is 22.1. The fourth-order valence-corrected chi connectivity index (χ4v) is 11.6. The summed E-state index contributed by atoms with van der Waals surface area (Å²) in [4.78, 5) is 0. The van der Waals surface area contributed by atoms with Crippen molar-refractivity contribution in [3.05, 3.63) is 11.5 Å². The van der Waals surface area contributed by atoms with Gasteiger partial charge < -0.3 is 198 Å². The van der Waals surface area contributed by atoms with Crippen molar-refractivity contribution in [2.24, 2.45) is 0 Å². The van der Waals surface area contributed by atoms with Crippen LogP contribution in [0.25, 0.3) is 0 Å². The highest BCUT2D eigenvalue weighted by molar-refractivity contribution is 5.16. The maximum atomic E-state index is 11.6. The first kappa shape index (κ1) is 70.1. The van der Waals surface area contributed by atoms with Crippen LogP contribution in [0.3, 0.4) is 0 Å². The van der Waals surface area contributed by atoms with E-state index in [0.29, 0.717) is 0 Å². The number of aliphatic hydroxyl groups is 24. The normalized spacial score (nSPS) is 53.6. The van der Waals surface area contributed by atoms with Crippen molar-refractivity contribution in [2.75, 3.05) is 52.9 Å². The molecule has 40 nitrogen and oxygen atoms in total. The van der Waals surface area contributed by atoms with Crippen LogP contribution in [-0.4, -0.2) is 409 Å². The van der Waals surface area contributed by atoms with Gasteiger partial charge in [0.1, 0.15) is 177 Å². The van der Waals surface area contributed by atoms with Crippen molar-refractivity contribution in [1.29, 1.82) is 0 Å². The molecule has 40 heteroatoms. The first-order valence-corrected chi connectivity index (χ1v) is 27.9. The summed E-state index contributed by atoms with van der Waals surface area (Å²) in [5, 5.41) is 265. The highest BCUT2D eigenvalue weighted by atomic mass is 16.8. The van der Waals surface area contributed by atoms with Gasteiger partial charge in [-0.15, -0.1) is 0 Å². The van der Waals surface area contributed by atoms with Gasteiger partial charge >= 0.3 is 0 Å². The Hall–Kier alpha value is -2.18. The Morgan fingerprint density at radius 2 is 0.455 bits per heavy atom.